The third-order valence-corrected chi connectivity index (χ3v) is 4.92. The molecular formula is C20H21N3O2S. The molecule has 26 heavy (non-hydrogen) atoms. The molecule has 0 saturated heterocycles. The highest BCUT2D eigenvalue weighted by Crippen LogP contribution is 2.27. The third kappa shape index (κ3) is 4.52. The van der Waals surface area contributed by atoms with Crippen molar-refractivity contribution < 1.29 is 9.32 Å². The largest absolute Gasteiger partial charge is 0.338 e. The van der Waals surface area contributed by atoms with Gasteiger partial charge in [-0.1, -0.05) is 43.3 Å². The Hall–Kier alpha value is -2.60. The molecule has 0 fully saturated rings. The molecule has 1 N–H and O–H groups in total. The van der Waals surface area contributed by atoms with Crippen LogP contribution < -0.4 is 5.32 Å². The van der Waals surface area contributed by atoms with Gasteiger partial charge in [0.2, 0.25) is 5.89 Å². The van der Waals surface area contributed by atoms with Crippen LogP contribution in [-0.4, -0.2) is 16.0 Å². The summed E-state index contributed by atoms with van der Waals surface area (Å²) in [6.45, 7) is 6.04. The van der Waals surface area contributed by atoms with Gasteiger partial charge in [0.1, 0.15) is 0 Å². The lowest BCUT2D eigenvalue weighted by Gasteiger charge is -2.11. The maximum absolute atomic E-state index is 12.8. The lowest BCUT2D eigenvalue weighted by molar-refractivity contribution is 0.102. The van der Waals surface area contributed by atoms with E-state index in [-0.39, 0.29) is 5.91 Å². The van der Waals surface area contributed by atoms with Gasteiger partial charge in [0.15, 0.2) is 5.82 Å². The average Bonchev–Trinajstić information content (AvgIpc) is 3.05. The molecule has 3 aromatic rings. The zero-order valence-electron chi connectivity index (χ0n) is 15.0. The van der Waals surface area contributed by atoms with Crippen LogP contribution in [-0.2, 0) is 5.75 Å². The first kappa shape index (κ1) is 18.2. The predicted octanol–water partition coefficient (Wildman–Crippen LogP) is 5.05. The quantitative estimate of drug-likeness (QED) is 0.618. The van der Waals surface area contributed by atoms with Crippen LogP contribution >= 0.6 is 11.8 Å². The highest BCUT2D eigenvalue weighted by atomic mass is 32.2. The molecule has 0 atom stereocenters. The summed E-state index contributed by atoms with van der Waals surface area (Å²) in [5, 5.41) is 6.78. The maximum atomic E-state index is 12.8. The highest BCUT2D eigenvalue weighted by molar-refractivity contribution is 7.98. The van der Waals surface area contributed by atoms with Crippen LogP contribution in [0.15, 0.2) is 57.9 Å². The number of nitrogens with zero attached hydrogens (tertiary/aromatic N) is 2. The lowest BCUT2D eigenvalue weighted by atomic mass is 10.0. The van der Waals surface area contributed by atoms with E-state index < -0.39 is 0 Å². The van der Waals surface area contributed by atoms with Crippen molar-refractivity contribution in [3.8, 4) is 0 Å². The molecule has 3 rings (SSSR count). The Morgan fingerprint density at radius 3 is 2.73 bits per heavy atom. The molecule has 5 nitrogen and oxygen atoms in total. The summed E-state index contributed by atoms with van der Waals surface area (Å²) in [6, 6.07) is 15.5. The van der Waals surface area contributed by atoms with Gasteiger partial charge in [-0.2, -0.15) is 4.98 Å². The van der Waals surface area contributed by atoms with Crippen molar-refractivity contribution >= 4 is 23.4 Å². The molecule has 1 aromatic heterocycles. The number of hydrogen-bond donors (Lipinski definition) is 1. The van der Waals surface area contributed by atoms with Crippen LogP contribution in [0, 0.1) is 6.92 Å². The SMILES string of the molecule is Cc1noc(CSc2ccccc2C(=O)Nc2cccc(C(C)C)c2)n1. The van der Waals surface area contributed by atoms with Crippen molar-refractivity contribution in [2.75, 3.05) is 5.32 Å². The van der Waals surface area contributed by atoms with E-state index in [1.54, 1.807) is 6.92 Å². The van der Waals surface area contributed by atoms with Crippen molar-refractivity contribution in [1.82, 2.24) is 10.1 Å². The van der Waals surface area contributed by atoms with E-state index in [2.05, 4.69) is 35.4 Å². The van der Waals surface area contributed by atoms with Crippen molar-refractivity contribution in [3.63, 3.8) is 0 Å². The fraction of sp³-hybridized carbons (Fsp3) is 0.250. The second kappa shape index (κ2) is 8.19. The van der Waals surface area contributed by atoms with Crippen molar-refractivity contribution in [3.05, 3.63) is 71.4 Å². The summed E-state index contributed by atoms with van der Waals surface area (Å²) in [6.07, 6.45) is 0. The molecule has 134 valence electrons. The first-order valence-corrected chi connectivity index (χ1v) is 9.44. The number of carbonyl (C=O) groups is 1. The van der Waals surface area contributed by atoms with E-state index in [1.165, 1.54) is 17.3 Å². The minimum absolute atomic E-state index is 0.129. The number of nitrogens with one attached hydrogen (secondary N) is 1. The van der Waals surface area contributed by atoms with Crippen LogP contribution in [0.4, 0.5) is 5.69 Å². The number of benzene rings is 2. The Bertz CT molecular complexity index is 905. The average molecular weight is 367 g/mol. The molecule has 0 bridgehead atoms. The van der Waals surface area contributed by atoms with Crippen LogP contribution in [0.25, 0.3) is 0 Å². The van der Waals surface area contributed by atoms with Gasteiger partial charge in [-0.15, -0.1) is 11.8 Å². The first-order valence-electron chi connectivity index (χ1n) is 8.45. The van der Waals surface area contributed by atoms with E-state index in [9.17, 15) is 4.79 Å². The van der Waals surface area contributed by atoms with E-state index in [0.717, 1.165) is 10.6 Å². The van der Waals surface area contributed by atoms with E-state index in [0.29, 0.717) is 28.9 Å². The minimum Gasteiger partial charge on any atom is -0.338 e. The number of thioether (sulfide) groups is 1. The Morgan fingerprint density at radius 1 is 1.19 bits per heavy atom. The number of carbonyl (C=O) groups excluding carboxylic acids is 1. The van der Waals surface area contributed by atoms with Gasteiger partial charge in [0.05, 0.1) is 11.3 Å². The zero-order chi connectivity index (χ0) is 18.5. The zero-order valence-corrected chi connectivity index (χ0v) is 15.8. The van der Waals surface area contributed by atoms with Gasteiger partial charge in [0, 0.05) is 10.6 Å². The maximum Gasteiger partial charge on any atom is 0.256 e. The summed E-state index contributed by atoms with van der Waals surface area (Å²) in [4.78, 5) is 17.8. The fourth-order valence-electron chi connectivity index (χ4n) is 2.49. The van der Waals surface area contributed by atoms with Crippen LogP contribution in [0.5, 0.6) is 0 Å². The van der Waals surface area contributed by atoms with Crippen LogP contribution in [0.2, 0.25) is 0 Å². The van der Waals surface area contributed by atoms with E-state index >= 15 is 0 Å². The Kier molecular flexibility index (Phi) is 5.73. The normalized spacial score (nSPS) is 10.9. The molecule has 0 aliphatic carbocycles. The van der Waals surface area contributed by atoms with Gasteiger partial charge in [0.25, 0.3) is 5.91 Å². The number of aryl methyl sites for hydroxylation is 1. The van der Waals surface area contributed by atoms with Crippen molar-refractivity contribution in [2.24, 2.45) is 0 Å². The van der Waals surface area contributed by atoms with Gasteiger partial charge >= 0.3 is 0 Å². The smallest absolute Gasteiger partial charge is 0.256 e. The number of amides is 1. The van der Waals surface area contributed by atoms with E-state index in [1.807, 2.05) is 42.5 Å². The van der Waals surface area contributed by atoms with Gasteiger partial charge < -0.3 is 9.84 Å². The van der Waals surface area contributed by atoms with Crippen LogP contribution in [0.1, 0.15) is 47.4 Å². The molecule has 2 aromatic carbocycles. The molecule has 1 heterocycles. The number of aromatic nitrogens is 2. The van der Waals surface area contributed by atoms with Crippen LogP contribution in [0.3, 0.4) is 0 Å². The van der Waals surface area contributed by atoms with Gasteiger partial charge in [-0.25, -0.2) is 0 Å². The summed E-state index contributed by atoms with van der Waals surface area (Å²) >= 11 is 1.50. The summed E-state index contributed by atoms with van der Waals surface area (Å²) in [5.74, 6) is 1.96. The summed E-state index contributed by atoms with van der Waals surface area (Å²) < 4.78 is 5.14. The van der Waals surface area contributed by atoms with E-state index in [4.69, 9.17) is 4.52 Å². The number of rotatable bonds is 6. The molecule has 1 amide bonds. The molecule has 6 heteroatoms. The summed E-state index contributed by atoms with van der Waals surface area (Å²) in [5.41, 5.74) is 2.62. The molecule has 0 aliphatic heterocycles. The van der Waals surface area contributed by atoms with Crippen molar-refractivity contribution in [1.29, 1.82) is 0 Å². The van der Waals surface area contributed by atoms with Crippen molar-refractivity contribution in [2.45, 2.75) is 37.3 Å². The monoisotopic (exact) mass is 367 g/mol. The summed E-state index contributed by atoms with van der Waals surface area (Å²) in [7, 11) is 0. The molecule has 0 spiro atoms. The fourth-order valence-corrected chi connectivity index (χ4v) is 3.38. The number of anilines is 1. The molecular weight excluding hydrogens is 346 g/mol. The first-order chi connectivity index (χ1) is 12.5. The van der Waals surface area contributed by atoms with Gasteiger partial charge in [-0.05, 0) is 42.7 Å². The van der Waals surface area contributed by atoms with Gasteiger partial charge in [-0.3, -0.25) is 4.79 Å². The molecule has 0 saturated carbocycles. The molecule has 0 unspecified atom stereocenters. The highest BCUT2D eigenvalue weighted by Gasteiger charge is 2.13. The number of hydrogen-bond acceptors (Lipinski definition) is 5. The Labute approximate surface area is 157 Å². The Morgan fingerprint density at radius 2 is 2.00 bits per heavy atom. The second-order valence-corrected chi connectivity index (χ2v) is 7.27. The molecule has 0 aliphatic rings. The molecule has 0 radical (unpaired) electrons. The lowest BCUT2D eigenvalue weighted by Crippen LogP contribution is -2.13. The second-order valence-electron chi connectivity index (χ2n) is 6.25. The predicted molar refractivity (Wildman–Crippen MR) is 104 cm³/mol. The third-order valence-electron chi connectivity index (χ3n) is 3.86. The Balaban J connectivity index is 1.74. The standard InChI is InChI=1S/C20H21N3O2S/c1-13(2)15-7-6-8-16(11-15)22-20(24)17-9-4-5-10-18(17)26-12-19-21-14(3)23-25-19/h4-11,13H,12H2,1-3H3,(H,22,24). The minimum atomic E-state index is -0.129. The topological polar surface area (TPSA) is 68.0 Å².